The second-order valence-corrected chi connectivity index (χ2v) is 8.05. The Morgan fingerprint density at radius 2 is 1.86 bits per heavy atom. The van der Waals surface area contributed by atoms with E-state index in [1.54, 1.807) is 0 Å². The Morgan fingerprint density at radius 3 is 2.57 bits per heavy atom. The summed E-state index contributed by atoms with van der Waals surface area (Å²) in [4.78, 5) is 55.9. The van der Waals surface area contributed by atoms with Crippen LogP contribution in [0.25, 0.3) is 21.3 Å². The Hall–Kier alpha value is -3.75. The number of hydrogen-bond donors (Lipinski definition) is 3. The summed E-state index contributed by atoms with van der Waals surface area (Å²) in [6.07, 6.45) is 0.149. The number of aromatic amines is 1. The second-order valence-electron chi connectivity index (χ2n) is 8.05. The molecule has 0 aliphatic carbocycles. The molecule has 4 N–H and O–H groups in total. The predicted molar refractivity (Wildman–Crippen MR) is 130 cm³/mol. The van der Waals surface area contributed by atoms with Gasteiger partial charge in [-0.1, -0.05) is 5.11 Å². The first-order valence-electron chi connectivity index (χ1n) is 11.7. The van der Waals surface area contributed by atoms with Crippen molar-refractivity contribution in [3.8, 4) is 0 Å². The average molecular weight is 520 g/mol. The van der Waals surface area contributed by atoms with Gasteiger partial charge in [0.05, 0.1) is 56.6 Å². The minimum Gasteiger partial charge on any atom is -0.378 e. The minimum atomic E-state index is -0.950. The van der Waals surface area contributed by atoms with E-state index in [1.807, 2.05) is 0 Å². The molecule has 0 bridgehead atoms. The molecule has 15 heteroatoms. The van der Waals surface area contributed by atoms with Gasteiger partial charge in [-0.3, -0.25) is 14.6 Å². The Bertz CT molecular complexity index is 1240. The van der Waals surface area contributed by atoms with Gasteiger partial charge in [-0.2, -0.15) is 0 Å². The monoisotopic (exact) mass is 519 g/mol. The van der Waals surface area contributed by atoms with E-state index in [4.69, 9.17) is 25.5 Å². The van der Waals surface area contributed by atoms with Crippen molar-refractivity contribution in [2.75, 3.05) is 59.3 Å². The zero-order valence-electron chi connectivity index (χ0n) is 20.1. The summed E-state index contributed by atoms with van der Waals surface area (Å²) >= 11 is 0. The van der Waals surface area contributed by atoms with Crippen molar-refractivity contribution in [3.63, 3.8) is 0 Å². The minimum absolute atomic E-state index is 0.0370. The molecule has 2 aromatic rings. The van der Waals surface area contributed by atoms with E-state index in [-0.39, 0.29) is 42.6 Å². The summed E-state index contributed by atoms with van der Waals surface area (Å²) in [6.45, 7) is 3.01. The number of fused-ring (bicyclic) bond motifs is 1. The molecule has 15 nitrogen and oxygen atoms in total. The fourth-order valence-corrected chi connectivity index (χ4v) is 3.83. The van der Waals surface area contributed by atoms with Crippen molar-refractivity contribution >= 4 is 22.7 Å². The topological polar surface area (TPSA) is 215 Å². The number of aromatic nitrogens is 1. The van der Waals surface area contributed by atoms with Crippen molar-refractivity contribution in [2.45, 2.75) is 18.5 Å². The van der Waals surface area contributed by atoms with Crippen LogP contribution in [-0.4, -0.2) is 93.1 Å². The van der Waals surface area contributed by atoms with E-state index >= 15 is 0 Å². The van der Waals surface area contributed by atoms with Crippen LogP contribution in [0.15, 0.2) is 37.3 Å². The summed E-state index contributed by atoms with van der Waals surface area (Å²) in [5, 5.41) is 6.50. The number of H-pyrrole nitrogens is 1. The number of nitrogens with one attached hydrogen (secondary N) is 2. The van der Waals surface area contributed by atoms with Gasteiger partial charge in [0.25, 0.3) is 5.91 Å². The maximum atomic E-state index is 13.2. The average Bonchev–Trinajstić information content (AvgIpc) is 3.30. The quantitative estimate of drug-likeness (QED) is 0.127. The Labute approximate surface area is 210 Å². The molecule has 1 aromatic heterocycles. The van der Waals surface area contributed by atoms with Gasteiger partial charge in [0.15, 0.2) is 0 Å². The zero-order valence-corrected chi connectivity index (χ0v) is 20.1. The van der Waals surface area contributed by atoms with Crippen molar-refractivity contribution in [1.82, 2.24) is 15.2 Å². The standard InChI is InChI=1S/C22H29N7O8/c23-3-5-34-7-9-36-10-8-35-6-4-25-19(30)18-12-15(27-28-24)13-29(18)20(31)14-1-2-16-17(11-14)26-22(33)37-21(16)32/h1-2,11,15,18H,3-10,12-13,23H2,(H,25,30)(H,26,33)/t15?,18-/m0/s1. The van der Waals surface area contributed by atoms with E-state index in [1.165, 1.54) is 23.1 Å². The Morgan fingerprint density at radius 1 is 1.16 bits per heavy atom. The van der Waals surface area contributed by atoms with Gasteiger partial charge in [0, 0.05) is 30.1 Å². The molecular weight excluding hydrogens is 490 g/mol. The van der Waals surface area contributed by atoms with Gasteiger partial charge in [-0.25, -0.2) is 9.59 Å². The lowest BCUT2D eigenvalue weighted by Gasteiger charge is -2.24. The van der Waals surface area contributed by atoms with Gasteiger partial charge in [0.2, 0.25) is 5.91 Å². The molecule has 1 aromatic carbocycles. The van der Waals surface area contributed by atoms with Crippen molar-refractivity contribution in [3.05, 3.63) is 55.2 Å². The number of likely N-dealkylation sites (tertiary alicyclic amines) is 1. The number of benzene rings is 1. The molecule has 1 aliphatic heterocycles. The van der Waals surface area contributed by atoms with Crippen LogP contribution in [-0.2, 0) is 19.0 Å². The lowest BCUT2D eigenvalue weighted by molar-refractivity contribution is -0.125. The van der Waals surface area contributed by atoms with Crippen LogP contribution in [0.2, 0.25) is 0 Å². The van der Waals surface area contributed by atoms with Gasteiger partial charge < -0.3 is 34.6 Å². The number of carbonyl (C=O) groups is 2. The van der Waals surface area contributed by atoms with Crippen molar-refractivity contribution < 1.29 is 28.2 Å². The van der Waals surface area contributed by atoms with Gasteiger partial charge in [-0.15, -0.1) is 0 Å². The van der Waals surface area contributed by atoms with Crippen LogP contribution < -0.4 is 22.4 Å². The highest BCUT2D eigenvalue weighted by Crippen LogP contribution is 2.24. The molecule has 1 fully saturated rings. The van der Waals surface area contributed by atoms with Crippen molar-refractivity contribution in [1.29, 1.82) is 0 Å². The zero-order chi connectivity index (χ0) is 26.6. The van der Waals surface area contributed by atoms with Crippen LogP contribution in [0.4, 0.5) is 0 Å². The largest absolute Gasteiger partial charge is 0.419 e. The Kier molecular flexibility index (Phi) is 10.6. The van der Waals surface area contributed by atoms with E-state index in [0.29, 0.717) is 39.6 Å². The number of carbonyl (C=O) groups excluding carboxylic acids is 2. The second kappa shape index (κ2) is 14.1. The first-order chi connectivity index (χ1) is 17.9. The van der Waals surface area contributed by atoms with E-state index < -0.39 is 35.3 Å². The number of nitrogens with two attached hydrogens (primary N) is 1. The third kappa shape index (κ3) is 7.87. The molecule has 1 unspecified atom stereocenters. The van der Waals surface area contributed by atoms with E-state index in [0.717, 1.165) is 0 Å². The molecule has 1 aliphatic rings. The first kappa shape index (κ1) is 27.8. The molecule has 1 saturated heterocycles. The smallest absolute Gasteiger partial charge is 0.378 e. The van der Waals surface area contributed by atoms with E-state index in [2.05, 4.69) is 24.7 Å². The summed E-state index contributed by atoms with van der Waals surface area (Å²) in [7, 11) is 0. The fraction of sp³-hybridized carbons (Fsp3) is 0.545. The summed E-state index contributed by atoms with van der Waals surface area (Å²) in [5.41, 5.74) is 13.6. The van der Waals surface area contributed by atoms with Crippen LogP contribution in [0.3, 0.4) is 0 Å². The molecule has 37 heavy (non-hydrogen) atoms. The highest BCUT2D eigenvalue weighted by Gasteiger charge is 2.39. The molecule has 0 radical (unpaired) electrons. The molecular formula is C22H29N7O8. The molecule has 2 amide bonds. The summed E-state index contributed by atoms with van der Waals surface area (Å²) in [5.74, 6) is -1.89. The molecule has 2 heterocycles. The molecule has 2 atom stereocenters. The third-order valence-corrected chi connectivity index (χ3v) is 5.52. The van der Waals surface area contributed by atoms with Gasteiger partial charge in [0.1, 0.15) is 6.04 Å². The van der Waals surface area contributed by atoms with Gasteiger partial charge in [-0.05, 0) is 30.2 Å². The molecule has 0 saturated carbocycles. The van der Waals surface area contributed by atoms with Crippen molar-refractivity contribution in [2.24, 2.45) is 10.8 Å². The lowest BCUT2D eigenvalue weighted by atomic mass is 10.1. The van der Waals surface area contributed by atoms with Crippen LogP contribution in [0.1, 0.15) is 16.8 Å². The number of amides is 2. The number of hydrogen-bond acceptors (Lipinski definition) is 10. The van der Waals surface area contributed by atoms with Gasteiger partial charge >= 0.3 is 11.4 Å². The Balaban J connectivity index is 1.54. The normalized spacial score (nSPS) is 17.1. The molecule has 0 spiro atoms. The van der Waals surface area contributed by atoms with Crippen LogP contribution >= 0.6 is 0 Å². The van der Waals surface area contributed by atoms with E-state index in [9.17, 15) is 19.2 Å². The predicted octanol–water partition coefficient (Wildman–Crippen LogP) is -0.501. The number of nitrogens with zero attached hydrogens (tertiary/aromatic N) is 4. The maximum absolute atomic E-state index is 13.2. The third-order valence-electron chi connectivity index (χ3n) is 5.52. The summed E-state index contributed by atoms with van der Waals surface area (Å²) < 4.78 is 20.4. The lowest BCUT2D eigenvalue weighted by Crippen LogP contribution is -2.46. The highest BCUT2D eigenvalue weighted by molar-refractivity contribution is 6.00. The SMILES string of the molecule is [N-]=[N+]=NC1C[C@@H](C(=O)NCCOCCOCCOCCN)N(C(=O)c2ccc3c(=O)oc(=O)[nH]c3c2)C1. The highest BCUT2D eigenvalue weighted by atomic mass is 16.5. The van der Waals surface area contributed by atoms with Crippen LogP contribution in [0, 0.1) is 0 Å². The fourth-order valence-electron chi connectivity index (χ4n) is 3.83. The number of azide groups is 1. The number of rotatable bonds is 14. The molecule has 200 valence electrons. The van der Waals surface area contributed by atoms with Crippen LogP contribution in [0.5, 0.6) is 0 Å². The number of ether oxygens (including phenoxy) is 3. The molecule has 3 rings (SSSR count). The first-order valence-corrected chi connectivity index (χ1v) is 11.7. The maximum Gasteiger partial charge on any atom is 0.419 e. The summed E-state index contributed by atoms with van der Waals surface area (Å²) in [6, 6.07) is 2.63.